The first kappa shape index (κ1) is 5.63. The molecule has 0 bridgehead atoms. The van der Waals surface area contributed by atoms with Crippen LogP contribution in [0.15, 0.2) is 12.5 Å². The van der Waals surface area contributed by atoms with Crippen LogP contribution in [0.3, 0.4) is 0 Å². The van der Waals surface area contributed by atoms with Crippen molar-refractivity contribution >= 4 is 0 Å². The number of H-pyrrole nitrogens is 1. The molecular formula is C5H6N4. The van der Waals surface area contributed by atoms with E-state index in [0.717, 1.165) is 5.69 Å². The van der Waals surface area contributed by atoms with Crippen LogP contribution in [0.5, 0.6) is 0 Å². The predicted octanol–water partition coefficient (Wildman–Crippen LogP) is -0.0196. The van der Waals surface area contributed by atoms with E-state index in [0.29, 0.717) is 6.54 Å². The molecule has 0 radical (unpaired) electrons. The van der Waals surface area contributed by atoms with Gasteiger partial charge in [0.2, 0.25) is 0 Å². The van der Waals surface area contributed by atoms with Crippen LogP contribution < -0.4 is 5.32 Å². The number of hydrogen-bond acceptors (Lipinski definition) is 3. The smallest absolute Gasteiger partial charge is 0.176 e. The lowest BCUT2D eigenvalue weighted by Gasteiger charge is -1.88. The third kappa shape index (κ3) is 1.46. The molecule has 0 aliphatic heterocycles. The van der Waals surface area contributed by atoms with E-state index in [2.05, 4.69) is 15.3 Å². The van der Waals surface area contributed by atoms with Gasteiger partial charge in [0, 0.05) is 6.20 Å². The van der Waals surface area contributed by atoms with Crippen LogP contribution in [0.2, 0.25) is 0 Å². The average Bonchev–Trinajstić information content (AvgIpc) is 2.34. The maximum Gasteiger partial charge on any atom is 0.176 e. The number of aromatic amines is 1. The second-order valence-electron chi connectivity index (χ2n) is 1.54. The second kappa shape index (κ2) is 2.72. The number of nitriles is 1. The van der Waals surface area contributed by atoms with Crippen molar-refractivity contribution in [2.75, 3.05) is 0 Å². The summed E-state index contributed by atoms with van der Waals surface area (Å²) in [6.45, 7) is 0.524. The Labute approximate surface area is 52.5 Å². The molecule has 0 unspecified atom stereocenters. The highest BCUT2D eigenvalue weighted by molar-refractivity contribution is 4.94. The SMILES string of the molecule is N#CNCc1cnc[nH]1. The molecule has 1 aromatic rings. The van der Waals surface area contributed by atoms with Crippen molar-refractivity contribution in [1.29, 1.82) is 5.26 Å². The van der Waals surface area contributed by atoms with Gasteiger partial charge in [0.15, 0.2) is 6.19 Å². The van der Waals surface area contributed by atoms with Crippen LogP contribution in [0, 0.1) is 11.5 Å². The van der Waals surface area contributed by atoms with Gasteiger partial charge in [0.25, 0.3) is 0 Å². The minimum Gasteiger partial charge on any atom is -0.347 e. The van der Waals surface area contributed by atoms with Crippen LogP contribution in [0.4, 0.5) is 0 Å². The van der Waals surface area contributed by atoms with E-state index >= 15 is 0 Å². The fraction of sp³-hybridized carbons (Fsp3) is 0.200. The van der Waals surface area contributed by atoms with Gasteiger partial charge in [-0.3, -0.25) is 0 Å². The van der Waals surface area contributed by atoms with Crippen LogP contribution in [-0.2, 0) is 6.54 Å². The standard InChI is InChI=1S/C5H6N4/c6-3-7-1-5-2-8-4-9-5/h2,4,7H,1H2,(H,8,9). The Hall–Kier alpha value is -1.50. The van der Waals surface area contributed by atoms with E-state index in [9.17, 15) is 0 Å². The fourth-order valence-corrected chi connectivity index (χ4v) is 0.516. The summed E-state index contributed by atoms with van der Waals surface area (Å²) in [6.07, 6.45) is 5.06. The Morgan fingerprint density at radius 3 is 3.33 bits per heavy atom. The molecule has 46 valence electrons. The summed E-state index contributed by atoms with van der Waals surface area (Å²) < 4.78 is 0. The van der Waals surface area contributed by atoms with Gasteiger partial charge in [-0.2, -0.15) is 5.26 Å². The average molecular weight is 122 g/mol. The number of rotatable bonds is 2. The first-order chi connectivity index (χ1) is 4.43. The van der Waals surface area contributed by atoms with Gasteiger partial charge < -0.3 is 10.3 Å². The molecule has 4 heteroatoms. The van der Waals surface area contributed by atoms with Crippen molar-refractivity contribution < 1.29 is 0 Å². The lowest BCUT2D eigenvalue weighted by Crippen LogP contribution is -2.04. The summed E-state index contributed by atoms with van der Waals surface area (Å²) in [5, 5.41) is 10.6. The summed E-state index contributed by atoms with van der Waals surface area (Å²) in [7, 11) is 0. The Balaban J connectivity index is 2.41. The molecule has 0 aliphatic carbocycles. The number of nitrogens with one attached hydrogen (secondary N) is 2. The second-order valence-corrected chi connectivity index (χ2v) is 1.54. The largest absolute Gasteiger partial charge is 0.347 e. The lowest BCUT2D eigenvalue weighted by molar-refractivity contribution is 0.857. The van der Waals surface area contributed by atoms with Gasteiger partial charge in [-0.25, -0.2) is 4.98 Å². The molecule has 0 atom stereocenters. The molecule has 1 aromatic heterocycles. The molecule has 0 aromatic carbocycles. The lowest BCUT2D eigenvalue weighted by atomic mass is 10.5. The highest BCUT2D eigenvalue weighted by atomic mass is 14.9. The van der Waals surface area contributed by atoms with Crippen molar-refractivity contribution in [3.63, 3.8) is 0 Å². The molecule has 0 fully saturated rings. The number of nitrogens with zero attached hydrogens (tertiary/aromatic N) is 2. The van der Waals surface area contributed by atoms with E-state index in [1.807, 2.05) is 6.19 Å². The minimum atomic E-state index is 0.524. The molecule has 1 rings (SSSR count). The van der Waals surface area contributed by atoms with Gasteiger partial charge in [-0.1, -0.05) is 0 Å². The molecular weight excluding hydrogens is 116 g/mol. The monoisotopic (exact) mass is 122 g/mol. The van der Waals surface area contributed by atoms with Crippen molar-refractivity contribution in [2.24, 2.45) is 0 Å². The number of imidazole rings is 1. The van der Waals surface area contributed by atoms with Crippen LogP contribution in [0.25, 0.3) is 0 Å². The third-order valence-corrected chi connectivity index (χ3v) is 0.913. The van der Waals surface area contributed by atoms with Crippen LogP contribution in [-0.4, -0.2) is 9.97 Å². The van der Waals surface area contributed by atoms with Crippen molar-refractivity contribution in [2.45, 2.75) is 6.54 Å². The van der Waals surface area contributed by atoms with E-state index < -0.39 is 0 Å². The summed E-state index contributed by atoms with van der Waals surface area (Å²) in [6, 6.07) is 0. The summed E-state index contributed by atoms with van der Waals surface area (Å²) >= 11 is 0. The van der Waals surface area contributed by atoms with Crippen LogP contribution in [0.1, 0.15) is 5.69 Å². The maximum atomic E-state index is 8.07. The fourth-order valence-electron chi connectivity index (χ4n) is 0.516. The summed E-state index contributed by atoms with van der Waals surface area (Å²) in [5.74, 6) is 0. The van der Waals surface area contributed by atoms with Gasteiger partial charge >= 0.3 is 0 Å². The Kier molecular flexibility index (Phi) is 1.70. The first-order valence-electron chi connectivity index (χ1n) is 2.52. The Morgan fingerprint density at radius 1 is 1.89 bits per heavy atom. The summed E-state index contributed by atoms with van der Waals surface area (Å²) in [4.78, 5) is 6.62. The zero-order chi connectivity index (χ0) is 6.53. The van der Waals surface area contributed by atoms with Gasteiger partial charge in [0.05, 0.1) is 18.6 Å². The highest BCUT2D eigenvalue weighted by Crippen LogP contribution is 1.86. The van der Waals surface area contributed by atoms with Crippen molar-refractivity contribution in [3.8, 4) is 6.19 Å². The van der Waals surface area contributed by atoms with E-state index in [-0.39, 0.29) is 0 Å². The zero-order valence-electron chi connectivity index (χ0n) is 4.76. The molecule has 0 amide bonds. The Bertz CT molecular complexity index is 195. The molecule has 2 N–H and O–H groups in total. The van der Waals surface area contributed by atoms with Gasteiger partial charge in [-0.15, -0.1) is 0 Å². The number of hydrogen-bond donors (Lipinski definition) is 2. The third-order valence-electron chi connectivity index (χ3n) is 0.913. The molecule has 0 aliphatic rings. The molecule has 0 saturated carbocycles. The summed E-state index contributed by atoms with van der Waals surface area (Å²) in [5.41, 5.74) is 0.913. The molecule has 4 nitrogen and oxygen atoms in total. The van der Waals surface area contributed by atoms with E-state index in [1.165, 1.54) is 0 Å². The number of aromatic nitrogens is 2. The first-order valence-corrected chi connectivity index (χ1v) is 2.52. The van der Waals surface area contributed by atoms with Crippen molar-refractivity contribution in [3.05, 3.63) is 18.2 Å². The van der Waals surface area contributed by atoms with Gasteiger partial charge in [-0.05, 0) is 0 Å². The predicted molar refractivity (Wildman–Crippen MR) is 31.0 cm³/mol. The molecule has 0 spiro atoms. The van der Waals surface area contributed by atoms with Gasteiger partial charge in [0.1, 0.15) is 0 Å². The quantitative estimate of drug-likeness (QED) is 0.428. The van der Waals surface area contributed by atoms with Crippen LogP contribution >= 0.6 is 0 Å². The van der Waals surface area contributed by atoms with E-state index in [1.54, 1.807) is 12.5 Å². The zero-order valence-corrected chi connectivity index (χ0v) is 4.76. The Morgan fingerprint density at radius 2 is 2.78 bits per heavy atom. The normalized spacial score (nSPS) is 8.33. The highest BCUT2D eigenvalue weighted by Gasteiger charge is 1.87. The van der Waals surface area contributed by atoms with Crippen molar-refractivity contribution in [1.82, 2.24) is 15.3 Å². The maximum absolute atomic E-state index is 8.07. The molecule has 0 saturated heterocycles. The molecule has 1 heterocycles. The molecule has 9 heavy (non-hydrogen) atoms. The minimum absolute atomic E-state index is 0.524. The topological polar surface area (TPSA) is 64.5 Å². The van der Waals surface area contributed by atoms with E-state index in [4.69, 9.17) is 5.26 Å².